The Kier molecular flexibility index (Phi) is 4.75. The van der Waals surface area contributed by atoms with Crippen molar-refractivity contribution >= 4 is 34.6 Å². The maximum Gasteiger partial charge on any atom is 0.348 e. The number of esters is 1. The van der Waals surface area contributed by atoms with Crippen LogP contribution in [-0.2, 0) is 22.4 Å². The van der Waals surface area contributed by atoms with Crippen LogP contribution in [0.15, 0.2) is 24.3 Å². The number of nitrogens with zero attached hydrogens (tertiary/aromatic N) is 1. The van der Waals surface area contributed by atoms with Gasteiger partial charge >= 0.3 is 5.97 Å². The number of ether oxygens (including phenoxy) is 1. The van der Waals surface area contributed by atoms with Gasteiger partial charge in [-0.05, 0) is 37.0 Å². The Morgan fingerprint density at radius 1 is 1.32 bits per heavy atom. The Hall–Kier alpha value is -2.81. The van der Waals surface area contributed by atoms with Crippen LogP contribution in [0, 0.1) is 15.9 Å². The molecular formula is C16H13FN2O5S. The van der Waals surface area contributed by atoms with Crippen molar-refractivity contribution in [2.75, 3.05) is 11.9 Å². The highest BCUT2D eigenvalue weighted by Gasteiger charge is 2.20. The van der Waals surface area contributed by atoms with Crippen molar-refractivity contribution in [2.45, 2.75) is 19.3 Å². The molecule has 1 heterocycles. The van der Waals surface area contributed by atoms with E-state index in [1.165, 1.54) is 11.3 Å². The molecule has 9 heteroatoms. The molecule has 0 fully saturated rings. The van der Waals surface area contributed by atoms with Crippen molar-refractivity contribution in [3.63, 3.8) is 0 Å². The molecule has 0 unspecified atom stereocenters. The average molecular weight is 364 g/mol. The summed E-state index contributed by atoms with van der Waals surface area (Å²) >= 11 is 1.35. The molecule has 7 nitrogen and oxygen atoms in total. The fourth-order valence-electron chi connectivity index (χ4n) is 2.54. The summed E-state index contributed by atoms with van der Waals surface area (Å²) in [6.07, 6.45) is 2.96. The topological polar surface area (TPSA) is 98.5 Å². The maximum absolute atomic E-state index is 13.6. The van der Waals surface area contributed by atoms with E-state index >= 15 is 0 Å². The van der Waals surface area contributed by atoms with Crippen LogP contribution in [-0.4, -0.2) is 23.4 Å². The standard InChI is InChI=1S/C16H13FN2O5S/c17-11-5-4-10(19(22)23)7-12(11)18-15(20)8-24-16(21)14-6-9-2-1-3-13(9)25-14/h4-7H,1-3,8H2,(H,18,20). The number of carbonyl (C=O) groups is 2. The molecule has 1 aromatic heterocycles. The predicted octanol–water partition coefficient (Wildman–Crippen LogP) is 3.08. The van der Waals surface area contributed by atoms with Crippen LogP contribution >= 0.6 is 11.3 Å². The molecule has 0 atom stereocenters. The number of hydrogen-bond donors (Lipinski definition) is 1. The van der Waals surface area contributed by atoms with Gasteiger partial charge in [-0.3, -0.25) is 14.9 Å². The number of rotatable bonds is 5. The van der Waals surface area contributed by atoms with Crippen molar-refractivity contribution in [1.29, 1.82) is 0 Å². The Labute approximate surface area is 145 Å². The smallest absolute Gasteiger partial charge is 0.348 e. The summed E-state index contributed by atoms with van der Waals surface area (Å²) in [5, 5.41) is 12.8. The number of nitro groups is 1. The molecule has 1 aliphatic rings. The second-order valence-electron chi connectivity index (χ2n) is 5.46. The lowest BCUT2D eigenvalue weighted by Gasteiger charge is -2.07. The lowest BCUT2D eigenvalue weighted by molar-refractivity contribution is -0.384. The van der Waals surface area contributed by atoms with E-state index in [0.29, 0.717) is 4.88 Å². The van der Waals surface area contributed by atoms with Gasteiger partial charge in [0.05, 0.1) is 10.6 Å². The fraction of sp³-hybridized carbons (Fsp3) is 0.250. The third kappa shape index (κ3) is 3.82. The quantitative estimate of drug-likeness (QED) is 0.499. The molecule has 0 saturated heterocycles. The summed E-state index contributed by atoms with van der Waals surface area (Å²) in [5.41, 5.74) is 0.437. The van der Waals surface area contributed by atoms with Gasteiger partial charge in [-0.15, -0.1) is 11.3 Å². The Morgan fingerprint density at radius 3 is 2.84 bits per heavy atom. The molecule has 1 aliphatic carbocycles. The number of thiophene rings is 1. The van der Waals surface area contributed by atoms with E-state index in [2.05, 4.69) is 5.32 Å². The largest absolute Gasteiger partial charge is 0.451 e. The summed E-state index contributed by atoms with van der Waals surface area (Å²) in [7, 11) is 0. The summed E-state index contributed by atoms with van der Waals surface area (Å²) in [4.78, 5) is 35.3. The highest BCUT2D eigenvalue weighted by atomic mass is 32.1. The van der Waals surface area contributed by atoms with Crippen LogP contribution in [0.2, 0.25) is 0 Å². The van der Waals surface area contributed by atoms with Crippen LogP contribution in [0.5, 0.6) is 0 Å². The lowest BCUT2D eigenvalue weighted by atomic mass is 10.2. The maximum atomic E-state index is 13.6. The normalized spacial score (nSPS) is 12.5. The average Bonchev–Trinajstić information content (AvgIpc) is 3.16. The SMILES string of the molecule is O=C(COC(=O)c1cc2c(s1)CCC2)Nc1cc([N+](=O)[O-])ccc1F. The van der Waals surface area contributed by atoms with Gasteiger partial charge in [-0.25, -0.2) is 9.18 Å². The second-order valence-corrected chi connectivity index (χ2v) is 6.59. The highest BCUT2D eigenvalue weighted by Crippen LogP contribution is 2.31. The molecule has 0 saturated carbocycles. The first-order valence-corrected chi connectivity index (χ1v) is 8.28. The van der Waals surface area contributed by atoms with Crippen LogP contribution < -0.4 is 5.32 Å². The Bertz CT molecular complexity index is 843. The summed E-state index contributed by atoms with van der Waals surface area (Å²) in [5.74, 6) is -2.22. The number of anilines is 1. The Balaban J connectivity index is 1.58. The molecule has 0 bridgehead atoms. The minimum atomic E-state index is -0.819. The van der Waals surface area contributed by atoms with E-state index in [1.54, 1.807) is 6.07 Å². The van der Waals surface area contributed by atoms with Gasteiger partial charge in [-0.1, -0.05) is 0 Å². The molecule has 0 radical (unpaired) electrons. The molecule has 25 heavy (non-hydrogen) atoms. The minimum absolute atomic E-state index is 0.342. The van der Waals surface area contributed by atoms with E-state index in [9.17, 15) is 24.1 Å². The zero-order chi connectivity index (χ0) is 18.0. The third-order valence-corrected chi connectivity index (χ3v) is 4.93. The monoisotopic (exact) mass is 364 g/mol. The van der Waals surface area contributed by atoms with Crippen molar-refractivity contribution in [2.24, 2.45) is 0 Å². The summed E-state index contributed by atoms with van der Waals surface area (Å²) in [6, 6.07) is 4.54. The summed E-state index contributed by atoms with van der Waals surface area (Å²) in [6.45, 7) is -0.608. The molecule has 1 aromatic carbocycles. The molecule has 0 aliphatic heterocycles. The lowest BCUT2D eigenvalue weighted by Crippen LogP contribution is -2.21. The van der Waals surface area contributed by atoms with E-state index in [-0.39, 0.29) is 11.4 Å². The Morgan fingerprint density at radius 2 is 2.12 bits per heavy atom. The number of hydrogen-bond acceptors (Lipinski definition) is 6. The van der Waals surface area contributed by atoms with Crippen LogP contribution in [0.1, 0.15) is 26.5 Å². The van der Waals surface area contributed by atoms with Gasteiger partial charge in [0.2, 0.25) is 0 Å². The number of carbonyl (C=O) groups excluding carboxylic acids is 2. The number of non-ortho nitro benzene ring substituents is 1. The summed E-state index contributed by atoms with van der Waals surface area (Å²) < 4.78 is 18.5. The van der Waals surface area contributed by atoms with E-state index in [0.717, 1.165) is 47.9 Å². The van der Waals surface area contributed by atoms with Crippen LogP contribution in [0.3, 0.4) is 0 Å². The zero-order valence-electron chi connectivity index (χ0n) is 12.9. The van der Waals surface area contributed by atoms with Crippen molar-refractivity contribution < 1.29 is 23.6 Å². The molecule has 2 aromatic rings. The van der Waals surface area contributed by atoms with Gasteiger partial charge in [0, 0.05) is 17.0 Å². The van der Waals surface area contributed by atoms with Crippen LogP contribution in [0.4, 0.5) is 15.8 Å². The number of amides is 1. The number of aryl methyl sites for hydroxylation is 2. The van der Waals surface area contributed by atoms with Crippen molar-refractivity contribution in [1.82, 2.24) is 0 Å². The molecule has 3 rings (SSSR count). The zero-order valence-corrected chi connectivity index (χ0v) is 13.7. The van der Waals surface area contributed by atoms with E-state index < -0.39 is 29.2 Å². The molecule has 1 N–H and O–H groups in total. The predicted molar refractivity (Wildman–Crippen MR) is 88.3 cm³/mol. The second kappa shape index (κ2) is 6.98. The van der Waals surface area contributed by atoms with Crippen molar-refractivity contribution in [3.05, 3.63) is 55.5 Å². The van der Waals surface area contributed by atoms with Gasteiger partial charge < -0.3 is 10.1 Å². The van der Waals surface area contributed by atoms with Gasteiger partial charge in [0.25, 0.3) is 11.6 Å². The minimum Gasteiger partial charge on any atom is -0.451 e. The number of nitro benzene ring substituents is 1. The first-order valence-electron chi connectivity index (χ1n) is 7.46. The molecular weight excluding hydrogens is 351 g/mol. The fourth-order valence-corrected chi connectivity index (χ4v) is 3.69. The number of halogens is 1. The third-order valence-electron chi connectivity index (χ3n) is 3.72. The number of nitrogens with one attached hydrogen (secondary N) is 1. The van der Waals surface area contributed by atoms with Gasteiger partial charge in [0.1, 0.15) is 10.7 Å². The van der Waals surface area contributed by atoms with Gasteiger partial charge in [-0.2, -0.15) is 0 Å². The first-order chi connectivity index (χ1) is 11.9. The first kappa shape index (κ1) is 17.0. The molecule has 130 valence electrons. The highest BCUT2D eigenvalue weighted by molar-refractivity contribution is 7.14. The molecule has 1 amide bonds. The van der Waals surface area contributed by atoms with E-state index in [1.807, 2.05) is 0 Å². The van der Waals surface area contributed by atoms with Crippen molar-refractivity contribution in [3.8, 4) is 0 Å². The molecule has 0 spiro atoms. The number of benzene rings is 1. The van der Waals surface area contributed by atoms with Crippen LogP contribution in [0.25, 0.3) is 0 Å². The number of fused-ring (bicyclic) bond motifs is 1. The van der Waals surface area contributed by atoms with E-state index in [4.69, 9.17) is 4.74 Å². The van der Waals surface area contributed by atoms with Gasteiger partial charge in [0.15, 0.2) is 6.61 Å².